The molecular weight excluding hydrogens is 290 g/mol. The van der Waals surface area contributed by atoms with Gasteiger partial charge in [-0.1, -0.05) is 42.5 Å². The summed E-state index contributed by atoms with van der Waals surface area (Å²) in [5.41, 5.74) is 2.69. The van der Waals surface area contributed by atoms with Crippen LogP contribution in [-0.2, 0) is 11.3 Å². The monoisotopic (exact) mass is 311 g/mol. The highest BCUT2D eigenvalue weighted by molar-refractivity contribution is 5.87. The Kier molecular flexibility index (Phi) is 4.74. The quantitative estimate of drug-likeness (QED) is 0.941. The van der Waals surface area contributed by atoms with Crippen molar-refractivity contribution in [3.63, 3.8) is 0 Å². The van der Waals surface area contributed by atoms with Gasteiger partial charge >= 0.3 is 5.97 Å². The van der Waals surface area contributed by atoms with Crippen molar-refractivity contribution in [3.8, 4) is 0 Å². The van der Waals surface area contributed by atoms with E-state index in [0.29, 0.717) is 12.2 Å². The molecule has 3 rings (SSSR count). The molecule has 2 aromatic rings. The zero-order valence-corrected chi connectivity index (χ0v) is 13.2. The van der Waals surface area contributed by atoms with E-state index in [0.717, 1.165) is 18.7 Å². The molecule has 23 heavy (non-hydrogen) atoms. The number of ether oxygens (including phenoxy) is 1. The van der Waals surface area contributed by atoms with E-state index in [1.54, 1.807) is 12.1 Å². The summed E-state index contributed by atoms with van der Waals surface area (Å²) in [4.78, 5) is 13.4. The molecule has 1 fully saturated rings. The zero-order valence-electron chi connectivity index (χ0n) is 13.2. The maximum absolute atomic E-state index is 11.0. The molecule has 2 aromatic carbocycles. The number of morpholine rings is 1. The molecule has 2 atom stereocenters. The van der Waals surface area contributed by atoms with Gasteiger partial charge in [0, 0.05) is 13.1 Å². The lowest BCUT2D eigenvalue weighted by atomic mass is 10.0. The Labute approximate surface area is 136 Å². The standard InChI is InChI=1S/C19H21NO3/c1-14-11-20(12-15-7-9-17(10-8-15)19(21)22)18(13-23-14)16-5-3-2-4-6-16/h2-10,14,18H,11-13H2,1H3,(H,21,22). The van der Waals surface area contributed by atoms with Crippen LogP contribution in [0.3, 0.4) is 0 Å². The molecule has 120 valence electrons. The Balaban J connectivity index is 1.78. The predicted octanol–water partition coefficient (Wildman–Crippen LogP) is 3.35. The number of carbonyl (C=O) groups is 1. The highest BCUT2D eigenvalue weighted by Gasteiger charge is 2.27. The number of carboxylic acids is 1. The number of hydrogen-bond donors (Lipinski definition) is 1. The normalized spacial score (nSPS) is 22.0. The Bertz CT molecular complexity index is 654. The lowest BCUT2D eigenvalue weighted by Gasteiger charge is -2.39. The molecule has 0 bridgehead atoms. The van der Waals surface area contributed by atoms with Crippen LogP contribution < -0.4 is 0 Å². The molecule has 1 saturated heterocycles. The second-order valence-electron chi connectivity index (χ2n) is 6.00. The number of aromatic carboxylic acids is 1. The second-order valence-corrected chi connectivity index (χ2v) is 6.00. The predicted molar refractivity (Wildman–Crippen MR) is 88.4 cm³/mol. The van der Waals surface area contributed by atoms with Gasteiger partial charge in [0.05, 0.1) is 24.3 Å². The van der Waals surface area contributed by atoms with E-state index in [4.69, 9.17) is 9.84 Å². The smallest absolute Gasteiger partial charge is 0.335 e. The van der Waals surface area contributed by atoms with Gasteiger partial charge in [-0.3, -0.25) is 4.90 Å². The lowest BCUT2D eigenvalue weighted by molar-refractivity contribution is -0.0597. The zero-order chi connectivity index (χ0) is 16.2. The number of rotatable bonds is 4. The summed E-state index contributed by atoms with van der Waals surface area (Å²) in [5.74, 6) is -0.890. The molecule has 4 heteroatoms. The van der Waals surface area contributed by atoms with Gasteiger partial charge in [0.25, 0.3) is 0 Å². The minimum Gasteiger partial charge on any atom is -0.478 e. The fraction of sp³-hybridized carbons (Fsp3) is 0.316. The molecular formula is C19H21NO3. The first kappa shape index (κ1) is 15.7. The average molecular weight is 311 g/mol. The van der Waals surface area contributed by atoms with Crippen molar-refractivity contribution in [1.82, 2.24) is 4.90 Å². The van der Waals surface area contributed by atoms with Crippen molar-refractivity contribution in [1.29, 1.82) is 0 Å². The Morgan fingerprint density at radius 2 is 1.87 bits per heavy atom. The highest BCUT2D eigenvalue weighted by atomic mass is 16.5. The molecule has 2 unspecified atom stereocenters. The van der Waals surface area contributed by atoms with Crippen LogP contribution in [0.1, 0.15) is 34.5 Å². The Hall–Kier alpha value is -2.17. The molecule has 4 nitrogen and oxygen atoms in total. The van der Waals surface area contributed by atoms with Crippen molar-refractivity contribution < 1.29 is 14.6 Å². The molecule has 0 aliphatic carbocycles. The molecule has 1 aliphatic heterocycles. The van der Waals surface area contributed by atoms with Gasteiger partial charge in [-0.25, -0.2) is 4.79 Å². The van der Waals surface area contributed by atoms with Crippen molar-refractivity contribution in [2.45, 2.75) is 25.6 Å². The SMILES string of the molecule is CC1CN(Cc2ccc(C(=O)O)cc2)C(c2ccccc2)CO1. The molecule has 0 amide bonds. The van der Waals surface area contributed by atoms with Crippen LogP contribution in [-0.4, -0.2) is 35.2 Å². The fourth-order valence-electron chi connectivity index (χ4n) is 3.02. The van der Waals surface area contributed by atoms with Crippen molar-refractivity contribution in [2.24, 2.45) is 0 Å². The number of benzene rings is 2. The van der Waals surface area contributed by atoms with Crippen LogP contribution in [0.25, 0.3) is 0 Å². The number of carboxylic acid groups (broad SMARTS) is 1. The van der Waals surface area contributed by atoms with Gasteiger partial charge in [0.15, 0.2) is 0 Å². The van der Waals surface area contributed by atoms with Gasteiger partial charge in [0.1, 0.15) is 0 Å². The minimum absolute atomic E-state index is 0.202. The highest BCUT2D eigenvalue weighted by Crippen LogP contribution is 2.27. The van der Waals surface area contributed by atoms with Gasteiger partial charge in [-0.2, -0.15) is 0 Å². The van der Waals surface area contributed by atoms with Crippen molar-refractivity contribution >= 4 is 5.97 Å². The summed E-state index contributed by atoms with van der Waals surface area (Å²) >= 11 is 0. The molecule has 1 aliphatic rings. The average Bonchev–Trinajstić information content (AvgIpc) is 2.56. The van der Waals surface area contributed by atoms with Gasteiger partial charge in [0.2, 0.25) is 0 Å². The number of hydrogen-bond acceptors (Lipinski definition) is 3. The largest absolute Gasteiger partial charge is 0.478 e. The van der Waals surface area contributed by atoms with E-state index in [9.17, 15) is 4.79 Å². The summed E-state index contributed by atoms with van der Waals surface area (Å²) in [5, 5.41) is 9.00. The maximum atomic E-state index is 11.0. The Morgan fingerprint density at radius 1 is 1.17 bits per heavy atom. The maximum Gasteiger partial charge on any atom is 0.335 e. The molecule has 0 aromatic heterocycles. The third-order valence-electron chi connectivity index (χ3n) is 4.24. The molecule has 0 spiro atoms. The molecule has 1 N–H and O–H groups in total. The van der Waals surface area contributed by atoms with E-state index < -0.39 is 5.97 Å². The third kappa shape index (κ3) is 3.78. The summed E-state index contributed by atoms with van der Waals surface area (Å²) in [7, 11) is 0. The van der Waals surface area contributed by atoms with Crippen molar-refractivity contribution in [2.75, 3.05) is 13.2 Å². The van der Waals surface area contributed by atoms with E-state index in [-0.39, 0.29) is 12.1 Å². The molecule has 0 radical (unpaired) electrons. The first-order valence-corrected chi connectivity index (χ1v) is 7.86. The Morgan fingerprint density at radius 3 is 2.52 bits per heavy atom. The van der Waals surface area contributed by atoms with Gasteiger partial charge in [-0.15, -0.1) is 0 Å². The molecule has 1 heterocycles. The summed E-state index contributed by atoms with van der Waals surface area (Å²) in [6.07, 6.45) is 0.202. The summed E-state index contributed by atoms with van der Waals surface area (Å²) in [6, 6.07) is 17.7. The van der Waals surface area contributed by atoms with E-state index >= 15 is 0 Å². The van der Waals surface area contributed by atoms with Gasteiger partial charge in [-0.05, 0) is 30.2 Å². The molecule has 0 saturated carbocycles. The second kappa shape index (κ2) is 6.94. The minimum atomic E-state index is -0.890. The summed E-state index contributed by atoms with van der Waals surface area (Å²) < 4.78 is 5.84. The number of nitrogens with zero attached hydrogens (tertiary/aromatic N) is 1. The van der Waals surface area contributed by atoms with Crippen LogP contribution in [0.4, 0.5) is 0 Å². The van der Waals surface area contributed by atoms with Crippen LogP contribution in [0.2, 0.25) is 0 Å². The van der Waals surface area contributed by atoms with Crippen LogP contribution in [0.15, 0.2) is 54.6 Å². The van der Waals surface area contributed by atoms with E-state index in [1.165, 1.54) is 5.56 Å². The third-order valence-corrected chi connectivity index (χ3v) is 4.24. The van der Waals surface area contributed by atoms with Crippen LogP contribution >= 0.6 is 0 Å². The lowest BCUT2D eigenvalue weighted by Crippen LogP contribution is -2.43. The first-order chi connectivity index (χ1) is 11.1. The van der Waals surface area contributed by atoms with E-state index in [1.807, 2.05) is 30.3 Å². The topological polar surface area (TPSA) is 49.8 Å². The van der Waals surface area contributed by atoms with Crippen molar-refractivity contribution in [3.05, 3.63) is 71.3 Å². The van der Waals surface area contributed by atoms with Crippen LogP contribution in [0.5, 0.6) is 0 Å². The van der Waals surface area contributed by atoms with Crippen LogP contribution in [0, 0.1) is 0 Å². The fourth-order valence-corrected chi connectivity index (χ4v) is 3.02. The first-order valence-electron chi connectivity index (χ1n) is 7.86. The van der Waals surface area contributed by atoms with E-state index in [2.05, 4.69) is 24.0 Å². The van der Waals surface area contributed by atoms with Gasteiger partial charge < -0.3 is 9.84 Å². The summed E-state index contributed by atoms with van der Waals surface area (Å²) in [6.45, 7) is 4.41.